The normalized spacial score (nSPS) is 10.7. The summed E-state index contributed by atoms with van der Waals surface area (Å²) in [5.41, 5.74) is 1.64. The Bertz CT molecular complexity index is 1060. The Morgan fingerprint density at radius 1 is 1.15 bits per heavy atom. The number of carbonyl (C=O) groups excluding carboxylic acids is 1. The monoisotopic (exact) mass is 401 g/mol. The summed E-state index contributed by atoms with van der Waals surface area (Å²) in [4.78, 5) is 25.4. The summed E-state index contributed by atoms with van der Waals surface area (Å²) < 4.78 is 1.32. The maximum absolute atomic E-state index is 12.9. The summed E-state index contributed by atoms with van der Waals surface area (Å²) in [6, 6.07) is 14.2. The van der Waals surface area contributed by atoms with E-state index in [1.165, 1.54) is 11.6 Å². The second-order valence-corrected chi connectivity index (χ2v) is 6.73. The lowest BCUT2D eigenvalue weighted by Gasteiger charge is -2.16. The average molecular weight is 402 g/mol. The zero-order valence-corrected chi connectivity index (χ0v) is 16.3. The highest BCUT2D eigenvalue weighted by Crippen LogP contribution is 2.31. The van der Waals surface area contributed by atoms with Gasteiger partial charge >= 0.3 is 0 Å². The molecule has 5 nitrogen and oxygen atoms in total. The van der Waals surface area contributed by atoms with Crippen LogP contribution in [0.3, 0.4) is 0 Å². The van der Waals surface area contributed by atoms with E-state index in [4.69, 9.17) is 23.2 Å². The maximum Gasteiger partial charge on any atom is 0.291 e. The van der Waals surface area contributed by atoms with Crippen LogP contribution in [0.4, 0.5) is 11.4 Å². The van der Waals surface area contributed by atoms with Crippen LogP contribution in [0, 0.1) is 0 Å². The molecule has 0 radical (unpaired) electrons. The molecule has 0 unspecified atom stereocenters. The highest BCUT2D eigenvalue weighted by atomic mass is 35.5. The highest BCUT2D eigenvalue weighted by molar-refractivity contribution is 6.36. The zero-order valence-electron chi connectivity index (χ0n) is 14.8. The van der Waals surface area contributed by atoms with E-state index in [1.54, 1.807) is 18.2 Å². The van der Waals surface area contributed by atoms with Gasteiger partial charge in [0.1, 0.15) is 11.4 Å². The number of benzene rings is 2. The molecule has 0 bridgehead atoms. The smallest absolute Gasteiger partial charge is 0.291 e. The van der Waals surface area contributed by atoms with E-state index < -0.39 is 5.56 Å². The first-order valence-corrected chi connectivity index (χ1v) is 9.11. The molecular weight excluding hydrogens is 385 g/mol. The molecule has 0 spiro atoms. The molecule has 0 atom stereocenters. The van der Waals surface area contributed by atoms with Crippen molar-refractivity contribution in [1.82, 2.24) is 9.78 Å². The second kappa shape index (κ2) is 7.94. The van der Waals surface area contributed by atoms with E-state index in [0.29, 0.717) is 28.0 Å². The van der Waals surface area contributed by atoms with Gasteiger partial charge < -0.3 is 5.32 Å². The number of aryl methyl sites for hydroxylation is 1. The van der Waals surface area contributed by atoms with Crippen molar-refractivity contribution in [2.75, 3.05) is 5.32 Å². The molecule has 27 heavy (non-hydrogen) atoms. The number of hydrogen-bond acceptors (Lipinski definition) is 4. The first-order valence-electron chi connectivity index (χ1n) is 8.36. The van der Waals surface area contributed by atoms with Gasteiger partial charge in [0.15, 0.2) is 5.78 Å². The Balaban J connectivity index is 2.28. The number of hydrogen-bond donors (Lipinski definition) is 1. The molecular formula is C20H17Cl2N3O2. The quantitative estimate of drug-likeness (QED) is 0.597. The lowest BCUT2D eigenvalue weighted by molar-refractivity contribution is 0.101. The lowest BCUT2D eigenvalue weighted by Crippen LogP contribution is -2.28. The number of rotatable bonds is 5. The third-order valence-corrected chi connectivity index (χ3v) is 4.59. The van der Waals surface area contributed by atoms with Crippen LogP contribution in [-0.4, -0.2) is 15.6 Å². The second-order valence-electron chi connectivity index (χ2n) is 5.89. The van der Waals surface area contributed by atoms with Crippen molar-refractivity contribution < 1.29 is 4.79 Å². The van der Waals surface area contributed by atoms with Crippen LogP contribution in [0.1, 0.15) is 24.2 Å². The molecule has 0 amide bonds. The summed E-state index contributed by atoms with van der Waals surface area (Å²) in [5.74, 6) is -0.269. The van der Waals surface area contributed by atoms with Gasteiger partial charge in [0.2, 0.25) is 0 Å². The topological polar surface area (TPSA) is 64.0 Å². The molecule has 0 aliphatic rings. The Morgan fingerprint density at radius 2 is 1.85 bits per heavy atom. The third-order valence-electron chi connectivity index (χ3n) is 4.05. The van der Waals surface area contributed by atoms with Gasteiger partial charge in [0, 0.05) is 17.1 Å². The predicted molar refractivity (Wildman–Crippen MR) is 109 cm³/mol. The average Bonchev–Trinajstić information content (AvgIpc) is 2.65. The first kappa shape index (κ1) is 19.1. The van der Waals surface area contributed by atoms with Gasteiger partial charge in [-0.25, -0.2) is 4.68 Å². The Labute approximate surface area is 166 Å². The fourth-order valence-electron chi connectivity index (χ4n) is 2.77. The summed E-state index contributed by atoms with van der Waals surface area (Å²) in [7, 11) is 0. The van der Waals surface area contributed by atoms with E-state index in [-0.39, 0.29) is 17.0 Å². The number of aromatic nitrogens is 2. The number of carbonyl (C=O) groups is 1. The van der Waals surface area contributed by atoms with Crippen LogP contribution in [0.5, 0.6) is 0 Å². The van der Waals surface area contributed by atoms with Crippen LogP contribution >= 0.6 is 23.2 Å². The molecule has 3 rings (SSSR count). The van der Waals surface area contributed by atoms with E-state index >= 15 is 0 Å². The van der Waals surface area contributed by atoms with E-state index in [9.17, 15) is 9.59 Å². The standard InChI is InChI=1S/C20H17Cl2N3O2/c1-3-25-20(27)19(23-16-10-9-14(21)11-15(16)22)17(12(2)26)18(24-25)13-7-5-4-6-8-13/h4-11,23H,3H2,1-2H3. The lowest BCUT2D eigenvalue weighted by atomic mass is 10.0. The van der Waals surface area contributed by atoms with Gasteiger partial charge in [-0.15, -0.1) is 0 Å². The number of nitrogens with one attached hydrogen (secondary N) is 1. The minimum Gasteiger partial charge on any atom is -0.349 e. The van der Waals surface area contributed by atoms with Gasteiger partial charge in [-0.05, 0) is 32.0 Å². The third kappa shape index (κ3) is 3.89. The van der Waals surface area contributed by atoms with Crippen molar-refractivity contribution in [2.24, 2.45) is 0 Å². The minimum atomic E-state index is -0.395. The van der Waals surface area contributed by atoms with Gasteiger partial charge in [-0.3, -0.25) is 9.59 Å². The summed E-state index contributed by atoms with van der Waals surface area (Å²) in [5, 5.41) is 8.25. The minimum absolute atomic E-state index is 0.141. The number of anilines is 2. The van der Waals surface area contributed by atoms with E-state index in [0.717, 1.165) is 5.56 Å². The summed E-state index contributed by atoms with van der Waals surface area (Å²) in [6.07, 6.45) is 0. The molecule has 0 aliphatic carbocycles. The van der Waals surface area contributed by atoms with Crippen molar-refractivity contribution >= 4 is 40.4 Å². The largest absolute Gasteiger partial charge is 0.349 e. The van der Waals surface area contributed by atoms with Crippen molar-refractivity contribution in [1.29, 1.82) is 0 Å². The van der Waals surface area contributed by atoms with Crippen molar-refractivity contribution in [3.63, 3.8) is 0 Å². The first-order chi connectivity index (χ1) is 12.9. The Morgan fingerprint density at radius 3 is 2.44 bits per heavy atom. The van der Waals surface area contributed by atoms with Crippen LogP contribution in [-0.2, 0) is 6.54 Å². The molecule has 1 aromatic heterocycles. The predicted octanol–water partition coefficient (Wildman–Crippen LogP) is 5.18. The molecule has 2 aromatic carbocycles. The Hall–Kier alpha value is -2.63. The molecule has 0 fully saturated rings. The van der Waals surface area contributed by atoms with Crippen molar-refractivity contribution in [3.05, 3.63) is 74.5 Å². The SMILES string of the molecule is CCn1nc(-c2ccccc2)c(C(C)=O)c(Nc2ccc(Cl)cc2Cl)c1=O. The van der Waals surface area contributed by atoms with Crippen LogP contribution in [0.15, 0.2) is 53.3 Å². The molecule has 1 heterocycles. The van der Waals surface area contributed by atoms with Crippen LogP contribution in [0.25, 0.3) is 11.3 Å². The highest BCUT2D eigenvalue weighted by Gasteiger charge is 2.22. The summed E-state index contributed by atoms with van der Waals surface area (Å²) in [6.45, 7) is 3.59. The molecule has 3 aromatic rings. The fourth-order valence-corrected chi connectivity index (χ4v) is 3.22. The number of nitrogens with zero attached hydrogens (tertiary/aromatic N) is 2. The molecule has 1 N–H and O–H groups in total. The molecule has 0 saturated heterocycles. The van der Waals surface area contributed by atoms with E-state index in [1.807, 2.05) is 37.3 Å². The van der Waals surface area contributed by atoms with Gasteiger partial charge in [0.25, 0.3) is 5.56 Å². The number of halogens is 2. The Kier molecular flexibility index (Phi) is 5.63. The van der Waals surface area contributed by atoms with Crippen LogP contribution < -0.4 is 10.9 Å². The zero-order chi connectivity index (χ0) is 19.6. The maximum atomic E-state index is 12.9. The molecule has 0 saturated carbocycles. The molecule has 7 heteroatoms. The van der Waals surface area contributed by atoms with Crippen LogP contribution in [0.2, 0.25) is 10.0 Å². The van der Waals surface area contributed by atoms with Gasteiger partial charge in [-0.1, -0.05) is 53.5 Å². The van der Waals surface area contributed by atoms with E-state index in [2.05, 4.69) is 10.4 Å². The number of ketones is 1. The molecule has 0 aliphatic heterocycles. The summed E-state index contributed by atoms with van der Waals surface area (Å²) >= 11 is 12.2. The fraction of sp³-hybridized carbons (Fsp3) is 0.150. The van der Waals surface area contributed by atoms with Crippen molar-refractivity contribution in [3.8, 4) is 11.3 Å². The number of Topliss-reactive ketones (excluding diaryl/α,β-unsaturated/α-hetero) is 1. The molecule has 138 valence electrons. The van der Waals surface area contributed by atoms with Crippen molar-refractivity contribution in [2.45, 2.75) is 20.4 Å². The van der Waals surface area contributed by atoms with Gasteiger partial charge in [-0.2, -0.15) is 5.10 Å². The van der Waals surface area contributed by atoms with Gasteiger partial charge in [0.05, 0.1) is 16.3 Å².